The zero-order chi connectivity index (χ0) is 19.8. The third kappa shape index (κ3) is 7.74. The third-order valence-corrected chi connectivity index (χ3v) is 4.23. The molecule has 2 rings (SSSR count). The molecule has 27 heavy (non-hydrogen) atoms. The SMILES string of the molecule is CCN(CC(=O)NCc1ccc(F)cc1)C(=O)CN(C)CC(=O)NC1CC1. The molecule has 1 aromatic carbocycles. The molecule has 0 bridgehead atoms. The van der Waals surface area contributed by atoms with E-state index in [4.69, 9.17) is 0 Å². The number of carbonyl (C=O) groups is 3. The lowest BCUT2D eigenvalue weighted by atomic mass is 10.2. The highest BCUT2D eigenvalue weighted by molar-refractivity contribution is 5.86. The van der Waals surface area contributed by atoms with Crippen LogP contribution in [0.3, 0.4) is 0 Å². The number of nitrogens with zero attached hydrogens (tertiary/aromatic N) is 2. The lowest BCUT2D eigenvalue weighted by molar-refractivity contribution is -0.137. The quantitative estimate of drug-likeness (QED) is 0.621. The van der Waals surface area contributed by atoms with Crippen molar-refractivity contribution in [3.63, 3.8) is 0 Å². The molecule has 1 aliphatic carbocycles. The van der Waals surface area contributed by atoms with Crippen molar-refractivity contribution in [1.29, 1.82) is 0 Å². The predicted octanol–water partition coefficient (Wildman–Crippen LogP) is 0.501. The molecule has 0 saturated heterocycles. The summed E-state index contributed by atoms with van der Waals surface area (Å²) in [6, 6.07) is 6.15. The van der Waals surface area contributed by atoms with Crippen molar-refractivity contribution in [2.75, 3.05) is 33.2 Å². The second kappa shape index (κ2) is 10.0. The minimum absolute atomic E-state index is 0.0569. The molecule has 1 saturated carbocycles. The molecule has 2 N–H and O–H groups in total. The summed E-state index contributed by atoms with van der Waals surface area (Å²) in [7, 11) is 1.70. The van der Waals surface area contributed by atoms with Gasteiger partial charge in [-0.25, -0.2) is 4.39 Å². The molecule has 1 aliphatic rings. The molecule has 7 nitrogen and oxygen atoms in total. The first kappa shape index (κ1) is 20.8. The highest BCUT2D eigenvalue weighted by Gasteiger charge is 2.24. The summed E-state index contributed by atoms with van der Waals surface area (Å²) in [5, 5.41) is 5.60. The van der Waals surface area contributed by atoms with Gasteiger partial charge in [0.15, 0.2) is 0 Å². The molecule has 1 aromatic rings. The number of benzene rings is 1. The minimum atomic E-state index is -0.331. The van der Waals surface area contributed by atoms with Crippen LogP contribution in [-0.4, -0.2) is 66.8 Å². The number of carbonyl (C=O) groups excluding carboxylic acids is 3. The Hall–Kier alpha value is -2.48. The number of rotatable bonds is 10. The molecule has 0 heterocycles. The minimum Gasteiger partial charge on any atom is -0.352 e. The van der Waals surface area contributed by atoms with Gasteiger partial charge in [-0.3, -0.25) is 19.3 Å². The molecule has 3 amide bonds. The van der Waals surface area contributed by atoms with E-state index in [9.17, 15) is 18.8 Å². The van der Waals surface area contributed by atoms with Crippen LogP contribution in [0.15, 0.2) is 24.3 Å². The Bertz CT molecular complexity index is 661. The number of hydrogen-bond donors (Lipinski definition) is 2. The van der Waals surface area contributed by atoms with Gasteiger partial charge < -0.3 is 15.5 Å². The van der Waals surface area contributed by atoms with Crippen molar-refractivity contribution >= 4 is 17.7 Å². The van der Waals surface area contributed by atoms with Crippen LogP contribution in [-0.2, 0) is 20.9 Å². The Kier molecular flexibility index (Phi) is 7.72. The molecule has 148 valence electrons. The molecule has 0 spiro atoms. The van der Waals surface area contributed by atoms with E-state index in [1.54, 1.807) is 31.0 Å². The van der Waals surface area contributed by atoms with Crippen molar-refractivity contribution < 1.29 is 18.8 Å². The maximum absolute atomic E-state index is 12.9. The van der Waals surface area contributed by atoms with Crippen molar-refractivity contribution in [3.8, 4) is 0 Å². The van der Waals surface area contributed by atoms with E-state index in [-0.39, 0.29) is 49.7 Å². The first-order chi connectivity index (χ1) is 12.9. The molecule has 8 heteroatoms. The maximum Gasteiger partial charge on any atom is 0.239 e. The summed E-state index contributed by atoms with van der Waals surface area (Å²) in [6.45, 7) is 2.62. The van der Waals surface area contributed by atoms with Gasteiger partial charge in [0.1, 0.15) is 5.82 Å². The van der Waals surface area contributed by atoms with Crippen LogP contribution in [0.4, 0.5) is 4.39 Å². The van der Waals surface area contributed by atoms with Crippen molar-refractivity contribution in [2.24, 2.45) is 0 Å². The van der Waals surface area contributed by atoms with Gasteiger partial charge in [0.25, 0.3) is 0 Å². The highest BCUT2D eigenvalue weighted by Crippen LogP contribution is 2.18. The molecule has 0 aromatic heterocycles. The lowest BCUT2D eigenvalue weighted by Crippen LogP contribution is -2.46. The monoisotopic (exact) mass is 378 g/mol. The largest absolute Gasteiger partial charge is 0.352 e. The topological polar surface area (TPSA) is 81.8 Å². The van der Waals surface area contributed by atoms with Crippen molar-refractivity contribution in [2.45, 2.75) is 32.4 Å². The van der Waals surface area contributed by atoms with Crippen LogP contribution in [0.25, 0.3) is 0 Å². The zero-order valence-electron chi connectivity index (χ0n) is 15.8. The van der Waals surface area contributed by atoms with Crippen LogP contribution < -0.4 is 10.6 Å². The Labute approximate surface area is 158 Å². The number of hydrogen-bond acceptors (Lipinski definition) is 4. The number of amides is 3. The van der Waals surface area contributed by atoms with E-state index < -0.39 is 0 Å². The van der Waals surface area contributed by atoms with E-state index in [1.165, 1.54) is 17.0 Å². The van der Waals surface area contributed by atoms with Gasteiger partial charge in [-0.05, 0) is 44.5 Å². The van der Waals surface area contributed by atoms with Gasteiger partial charge in [0, 0.05) is 19.1 Å². The highest BCUT2D eigenvalue weighted by atomic mass is 19.1. The van der Waals surface area contributed by atoms with Crippen molar-refractivity contribution in [3.05, 3.63) is 35.6 Å². The lowest BCUT2D eigenvalue weighted by Gasteiger charge is -2.23. The first-order valence-corrected chi connectivity index (χ1v) is 9.14. The second-order valence-corrected chi connectivity index (χ2v) is 6.83. The summed E-state index contributed by atoms with van der Waals surface area (Å²) in [5.41, 5.74) is 0.778. The predicted molar refractivity (Wildman–Crippen MR) is 99.2 cm³/mol. The second-order valence-electron chi connectivity index (χ2n) is 6.83. The molecule has 0 radical (unpaired) electrons. The number of halogens is 1. The fourth-order valence-corrected chi connectivity index (χ4v) is 2.54. The molecule has 0 unspecified atom stereocenters. The molecule has 0 atom stereocenters. The first-order valence-electron chi connectivity index (χ1n) is 9.14. The summed E-state index contributed by atoms with van der Waals surface area (Å²) in [5.74, 6) is -0.921. The fraction of sp³-hybridized carbons (Fsp3) is 0.526. The Morgan fingerprint density at radius 1 is 1.07 bits per heavy atom. The van der Waals surface area contributed by atoms with E-state index in [0.29, 0.717) is 12.6 Å². The normalized spacial score (nSPS) is 13.3. The Balaban J connectivity index is 1.73. The van der Waals surface area contributed by atoms with Gasteiger partial charge in [-0.1, -0.05) is 12.1 Å². The van der Waals surface area contributed by atoms with E-state index >= 15 is 0 Å². The van der Waals surface area contributed by atoms with Crippen LogP contribution >= 0.6 is 0 Å². The van der Waals surface area contributed by atoms with Crippen LogP contribution in [0.5, 0.6) is 0 Å². The summed E-state index contributed by atoms with van der Waals surface area (Å²) < 4.78 is 12.9. The Morgan fingerprint density at radius 3 is 2.33 bits per heavy atom. The summed E-state index contributed by atoms with van der Waals surface area (Å²) in [4.78, 5) is 39.3. The maximum atomic E-state index is 12.9. The van der Waals surface area contributed by atoms with Gasteiger partial charge in [-0.15, -0.1) is 0 Å². The number of nitrogens with one attached hydrogen (secondary N) is 2. The Morgan fingerprint density at radius 2 is 1.74 bits per heavy atom. The van der Waals surface area contributed by atoms with Crippen LogP contribution in [0, 0.1) is 5.82 Å². The van der Waals surface area contributed by atoms with Gasteiger partial charge in [-0.2, -0.15) is 0 Å². The van der Waals surface area contributed by atoms with E-state index in [1.807, 2.05) is 0 Å². The average Bonchev–Trinajstić information content (AvgIpc) is 3.42. The van der Waals surface area contributed by atoms with Crippen LogP contribution in [0.2, 0.25) is 0 Å². The average molecular weight is 378 g/mol. The van der Waals surface area contributed by atoms with Crippen LogP contribution in [0.1, 0.15) is 25.3 Å². The smallest absolute Gasteiger partial charge is 0.239 e. The molecular weight excluding hydrogens is 351 g/mol. The molecule has 1 fully saturated rings. The summed E-state index contributed by atoms with van der Waals surface area (Å²) >= 11 is 0. The standard InChI is InChI=1S/C19H27FN4O3/c1-3-24(12-17(25)21-10-14-4-6-15(20)7-5-14)19(27)13-23(2)11-18(26)22-16-8-9-16/h4-7,16H,3,8-13H2,1-2H3,(H,21,25)(H,22,26). The van der Waals surface area contributed by atoms with Crippen molar-refractivity contribution in [1.82, 2.24) is 20.4 Å². The van der Waals surface area contributed by atoms with Gasteiger partial charge in [0.05, 0.1) is 19.6 Å². The summed E-state index contributed by atoms with van der Waals surface area (Å²) in [6.07, 6.45) is 2.04. The van der Waals surface area contributed by atoms with Gasteiger partial charge in [0.2, 0.25) is 17.7 Å². The van der Waals surface area contributed by atoms with Gasteiger partial charge >= 0.3 is 0 Å². The van der Waals surface area contributed by atoms with E-state index in [2.05, 4.69) is 10.6 Å². The fourth-order valence-electron chi connectivity index (χ4n) is 2.54. The zero-order valence-corrected chi connectivity index (χ0v) is 15.8. The molecular formula is C19H27FN4O3. The third-order valence-electron chi connectivity index (χ3n) is 4.23. The van der Waals surface area contributed by atoms with E-state index in [0.717, 1.165) is 18.4 Å². The number of likely N-dealkylation sites (N-methyl/N-ethyl adjacent to an activating group) is 2. The molecule has 0 aliphatic heterocycles.